The highest BCUT2D eigenvalue weighted by atomic mass is 16.3. The number of anilines is 1. The lowest BCUT2D eigenvalue weighted by atomic mass is 10.2. The molecule has 0 fully saturated rings. The van der Waals surface area contributed by atoms with Gasteiger partial charge in [0.2, 0.25) is 0 Å². The van der Waals surface area contributed by atoms with Crippen LogP contribution >= 0.6 is 0 Å². The molecule has 5 heteroatoms. The van der Waals surface area contributed by atoms with Gasteiger partial charge < -0.3 is 10.4 Å². The first kappa shape index (κ1) is 16.7. The molecule has 0 aromatic heterocycles. The van der Waals surface area contributed by atoms with Crippen LogP contribution in [0.1, 0.15) is 12.0 Å². The number of para-hydroxylation sites is 1. The summed E-state index contributed by atoms with van der Waals surface area (Å²) >= 11 is 0. The van der Waals surface area contributed by atoms with Crippen molar-refractivity contribution < 1.29 is 14.7 Å². The van der Waals surface area contributed by atoms with Crippen LogP contribution in [-0.2, 0) is 16.1 Å². The smallest absolute Gasteiger partial charge is 0.316 e. The molecule has 0 aliphatic carbocycles. The zero-order valence-corrected chi connectivity index (χ0v) is 12.8. The van der Waals surface area contributed by atoms with E-state index in [9.17, 15) is 9.59 Å². The standard InChI is InChI=1S/C18H20N2O3/c21-13-7-12-19-17(22)18(23)20(16-10-5-2-6-11-16)14-15-8-3-1-4-9-15/h1-6,8-11,21H,7,12-14H2,(H,19,22). The van der Waals surface area contributed by atoms with Crippen molar-refractivity contribution in [2.24, 2.45) is 0 Å². The number of aliphatic hydroxyl groups excluding tert-OH is 1. The number of hydrogen-bond donors (Lipinski definition) is 2. The van der Waals surface area contributed by atoms with E-state index in [1.54, 1.807) is 12.1 Å². The zero-order chi connectivity index (χ0) is 16.5. The van der Waals surface area contributed by atoms with Crippen LogP contribution in [0.25, 0.3) is 0 Å². The zero-order valence-electron chi connectivity index (χ0n) is 12.8. The van der Waals surface area contributed by atoms with E-state index in [1.165, 1.54) is 4.90 Å². The van der Waals surface area contributed by atoms with Crippen molar-refractivity contribution in [3.8, 4) is 0 Å². The molecule has 2 rings (SSSR count). The van der Waals surface area contributed by atoms with Gasteiger partial charge in [-0.05, 0) is 24.1 Å². The van der Waals surface area contributed by atoms with Crippen molar-refractivity contribution in [1.29, 1.82) is 0 Å². The van der Waals surface area contributed by atoms with E-state index < -0.39 is 11.8 Å². The molecule has 2 aromatic carbocycles. The maximum Gasteiger partial charge on any atom is 0.316 e. The third kappa shape index (κ3) is 4.93. The fourth-order valence-electron chi connectivity index (χ4n) is 2.13. The average Bonchev–Trinajstić information content (AvgIpc) is 2.61. The fraction of sp³-hybridized carbons (Fsp3) is 0.222. The topological polar surface area (TPSA) is 69.6 Å². The summed E-state index contributed by atoms with van der Waals surface area (Å²) in [6.07, 6.45) is 0.420. The summed E-state index contributed by atoms with van der Waals surface area (Å²) in [4.78, 5) is 26.0. The van der Waals surface area contributed by atoms with Crippen LogP contribution in [0.2, 0.25) is 0 Å². The molecule has 0 spiro atoms. The first-order valence-electron chi connectivity index (χ1n) is 7.52. The summed E-state index contributed by atoms with van der Waals surface area (Å²) in [7, 11) is 0. The van der Waals surface area contributed by atoms with Crippen molar-refractivity contribution >= 4 is 17.5 Å². The minimum Gasteiger partial charge on any atom is -0.396 e. The van der Waals surface area contributed by atoms with Crippen LogP contribution in [-0.4, -0.2) is 30.1 Å². The molecule has 0 aliphatic heterocycles. The maximum absolute atomic E-state index is 12.5. The van der Waals surface area contributed by atoms with Gasteiger partial charge in [0, 0.05) is 18.8 Å². The van der Waals surface area contributed by atoms with Crippen LogP contribution < -0.4 is 10.2 Å². The minimum atomic E-state index is -0.668. The Kier molecular flexibility index (Phi) is 6.32. The second-order valence-corrected chi connectivity index (χ2v) is 5.05. The predicted octanol–water partition coefficient (Wildman–Crippen LogP) is 1.72. The first-order chi connectivity index (χ1) is 11.2. The third-order valence-corrected chi connectivity index (χ3v) is 3.31. The fourth-order valence-corrected chi connectivity index (χ4v) is 2.13. The van der Waals surface area contributed by atoms with Crippen molar-refractivity contribution in [2.45, 2.75) is 13.0 Å². The van der Waals surface area contributed by atoms with Crippen LogP contribution in [0.4, 0.5) is 5.69 Å². The minimum absolute atomic E-state index is 0.0269. The van der Waals surface area contributed by atoms with Crippen molar-refractivity contribution in [1.82, 2.24) is 5.32 Å². The second-order valence-electron chi connectivity index (χ2n) is 5.05. The van der Waals surface area contributed by atoms with E-state index in [-0.39, 0.29) is 13.2 Å². The number of carbonyl (C=O) groups is 2. The molecule has 0 heterocycles. The molecule has 2 aromatic rings. The van der Waals surface area contributed by atoms with Crippen LogP contribution in [0.3, 0.4) is 0 Å². The van der Waals surface area contributed by atoms with E-state index >= 15 is 0 Å². The monoisotopic (exact) mass is 312 g/mol. The summed E-state index contributed by atoms with van der Waals surface area (Å²) in [6, 6.07) is 18.6. The van der Waals surface area contributed by atoms with Gasteiger partial charge in [-0.2, -0.15) is 0 Å². The van der Waals surface area contributed by atoms with E-state index in [2.05, 4.69) is 5.32 Å². The Hall–Kier alpha value is -2.66. The normalized spacial score (nSPS) is 10.1. The number of aliphatic hydroxyl groups is 1. The Morgan fingerprint density at radius 1 is 0.957 bits per heavy atom. The lowest BCUT2D eigenvalue weighted by molar-refractivity contribution is -0.137. The Labute approximate surface area is 135 Å². The molecule has 0 aliphatic rings. The van der Waals surface area contributed by atoms with E-state index in [0.717, 1.165) is 5.56 Å². The molecule has 0 saturated carbocycles. The van der Waals surface area contributed by atoms with Gasteiger partial charge in [-0.25, -0.2) is 0 Å². The van der Waals surface area contributed by atoms with E-state index in [0.29, 0.717) is 18.7 Å². The second kappa shape index (κ2) is 8.70. The molecule has 0 atom stereocenters. The number of nitrogens with one attached hydrogen (secondary N) is 1. The summed E-state index contributed by atoms with van der Waals surface area (Å²) in [5.41, 5.74) is 1.60. The van der Waals surface area contributed by atoms with Gasteiger partial charge >= 0.3 is 11.8 Å². The SMILES string of the molecule is O=C(NCCCO)C(=O)N(Cc1ccccc1)c1ccccc1. The highest BCUT2D eigenvalue weighted by Gasteiger charge is 2.23. The van der Waals surface area contributed by atoms with Gasteiger partial charge in [0.1, 0.15) is 0 Å². The molecule has 2 amide bonds. The van der Waals surface area contributed by atoms with Crippen LogP contribution in [0, 0.1) is 0 Å². The number of hydrogen-bond acceptors (Lipinski definition) is 3. The summed E-state index contributed by atoms with van der Waals surface area (Å²) in [6.45, 7) is 0.563. The van der Waals surface area contributed by atoms with E-state index in [1.807, 2.05) is 48.5 Å². The largest absolute Gasteiger partial charge is 0.396 e. The average molecular weight is 312 g/mol. The Morgan fingerprint density at radius 3 is 2.17 bits per heavy atom. The van der Waals surface area contributed by atoms with Gasteiger partial charge in [0.25, 0.3) is 0 Å². The molecule has 0 radical (unpaired) electrons. The van der Waals surface area contributed by atoms with Crippen LogP contribution in [0.15, 0.2) is 60.7 Å². The highest BCUT2D eigenvalue weighted by molar-refractivity contribution is 6.40. The van der Waals surface area contributed by atoms with Crippen LogP contribution in [0.5, 0.6) is 0 Å². The molecule has 0 unspecified atom stereocenters. The van der Waals surface area contributed by atoms with Crippen molar-refractivity contribution in [3.05, 3.63) is 66.2 Å². The number of rotatable bonds is 6. The lowest BCUT2D eigenvalue weighted by Gasteiger charge is -2.22. The Balaban J connectivity index is 2.16. The lowest BCUT2D eigenvalue weighted by Crippen LogP contribution is -2.43. The van der Waals surface area contributed by atoms with Crippen molar-refractivity contribution in [2.75, 3.05) is 18.1 Å². The van der Waals surface area contributed by atoms with Crippen molar-refractivity contribution in [3.63, 3.8) is 0 Å². The quantitative estimate of drug-likeness (QED) is 0.630. The maximum atomic E-state index is 12.5. The molecule has 2 N–H and O–H groups in total. The Morgan fingerprint density at radius 2 is 1.57 bits per heavy atom. The Bertz CT molecular complexity index is 629. The number of nitrogens with zero attached hydrogens (tertiary/aromatic N) is 1. The molecule has 0 saturated heterocycles. The summed E-state index contributed by atoms with van der Waals surface area (Å²) in [5, 5.41) is 11.3. The third-order valence-electron chi connectivity index (χ3n) is 3.31. The van der Waals surface area contributed by atoms with Gasteiger partial charge in [-0.3, -0.25) is 14.5 Å². The van der Waals surface area contributed by atoms with Gasteiger partial charge in [-0.1, -0.05) is 48.5 Å². The number of amides is 2. The molecule has 0 bridgehead atoms. The van der Waals surface area contributed by atoms with Gasteiger partial charge in [-0.15, -0.1) is 0 Å². The first-order valence-corrected chi connectivity index (χ1v) is 7.52. The van der Waals surface area contributed by atoms with E-state index in [4.69, 9.17) is 5.11 Å². The number of carbonyl (C=O) groups excluding carboxylic acids is 2. The molecule has 5 nitrogen and oxygen atoms in total. The molecule has 120 valence electrons. The molecular formula is C18H20N2O3. The summed E-state index contributed by atoms with van der Waals surface area (Å²) in [5.74, 6) is -1.28. The summed E-state index contributed by atoms with van der Waals surface area (Å²) < 4.78 is 0. The van der Waals surface area contributed by atoms with Gasteiger partial charge in [0.05, 0.1) is 6.54 Å². The highest BCUT2D eigenvalue weighted by Crippen LogP contribution is 2.17. The number of benzene rings is 2. The molecular weight excluding hydrogens is 292 g/mol. The van der Waals surface area contributed by atoms with Gasteiger partial charge in [0.15, 0.2) is 0 Å². The molecule has 23 heavy (non-hydrogen) atoms. The predicted molar refractivity (Wildman–Crippen MR) is 88.8 cm³/mol.